The van der Waals surface area contributed by atoms with Gasteiger partial charge >= 0.3 is 5.97 Å². The molecule has 0 aliphatic carbocycles. The molecule has 0 saturated carbocycles. The number of hydrogen-bond donors (Lipinski definition) is 3. The maximum atomic E-state index is 11.4. The Morgan fingerprint density at radius 3 is 2.20 bits per heavy atom. The van der Waals surface area contributed by atoms with Crippen molar-refractivity contribution < 1.29 is 19.8 Å². The zero-order valence-corrected chi connectivity index (χ0v) is 9.20. The van der Waals surface area contributed by atoms with Gasteiger partial charge in [-0.3, -0.25) is 4.79 Å². The van der Waals surface area contributed by atoms with Crippen molar-refractivity contribution in [2.24, 2.45) is 0 Å². The number of nitrogens with one attached hydrogen (secondary N) is 1. The first-order valence-corrected chi connectivity index (χ1v) is 4.77. The first kappa shape index (κ1) is 13.6. The molecule has 5 nitrogen and oxygen atoms in total. The van der Waals surface area contributed by atoms with Gasteiger partial charge in [-0.2, -0.15) is 0 Å². The van der Waals surface area contributed by atoms with Gasteiger partial charge in [0.05, 0.1) is 6.10 Å². The Hall–Kier alpha value is -1.36. The minimum Gasteiger partial charge on any atom is -0.478 e. The van der Waals surface area contributed by atoms with E-state index in [9.17, 15) is 14.7 Å². The number of hydrogen-bond acceptors (Lipinski definition) is 3. The molecule has 0 saturated heterocycles. The van der Waals surface area contributed by atoms with Crippen LogP contribution in [-0.2, 0) is 9.59 Å². The van der Waals surface area contributed by atoms with Crippen molar-refractivity contribution in [1.82, 2.24) is 5.32 Å². The van der Waals surface area contributed by atoms with Gasteiger partial charge in [-0.1, -0.05) is 6.92 Å². The maximum Gasteiger partial charge on any atom is 0.331 e. The average molecular weight is 215 g/mol. The number of aliphatic carboxylic acids is 1. The zero-order valence-electron chi connectivity index (χ0n) is 9.20. The fourth-order valence-corrected chi connectivity index (χ4v) is 0.818. The molecule has 0 spiro atoms. The summed E-state index contributed by atoms with van der Waals surface area (Å²) >= 11 is 0. The highest BCUT2D eigenvalue weighted by Gasteiger charge is 2.12. The number of amides is 1. The van der Waals surface area contributed by atoms with Crippen molar-refractivity contribution in [1.29, 1.82) is 0 Å². The fourth-order valence-electron chi connectivity index (χ4n) is 0.818. The van der Waals surface area contributed by atoms with E-state index in [1.807, 2.05) is 0 Å². The second-order valence-electron chi connectivity index (χ2n) is 3.33. The molecule has 0 fully saturated rings. The molecular formula is C10H17NO4. The van der Waals surface area contributed by atoms with E-state index in [2.05, 4.69) is 5.32 Å². The van der Waals surface area contributed by atoms with Gasteiger partial charge < -0.3 is 15.5 Å². The molecule has 15 heavy (non-hydrogen) atoms. The molecule has 0 heterocycles. The molecule has 0 rings (SSSR count). The van der Waals surface area contributed by atoms with Gasteiger partial charge in [0.25, 0.3) is 0 Å². The SMILES string of the molecule is CCC(O)CNC(=O)C(C)=C(C)C(=O)O. The molecule has 0 bridgehead atoms. The van der Waals surface area contributed by atoms with E-state index >= 15 is 0 Å². The van der Waals surface area contributed by atoms with Crippen LogP contribution in [0, 0.1) is 0 Å². The maximum absolute atomic E-state index is 11.4. The molecule has 1 amide bonds. The Kier molecular flexibility index (Phi) is 5.62. The Morgan fingerprint density at radius 1 is 1.27 bits per heavy atom. The monoisotopic (exact) mass is 215 g/mol. The van der Waals surface area contributed by atoms with Gasteiger partial charge in [0.1, 0.15) is 0 Å². The number of aliphatic hydroxyl groups excluding tert-OH is 1. The predicted octanol–water partition coefficient (Wildman–Crippen LogP) is 0.295. The van der Waals surface area contributed by atoms with Crippen LogP contribution in [0.4, 0.5) is 0 Å². The number of carbonyl (C=O) groups excluding carboxylic acids is 1. The molecule has 0 aromatic rings. The summed E-state index contributed by atoms with van der Waals surface area (Å²) in [6.07, 6.45) is -0.0482. The average Bonchev–Trinajstić information content (AvgIpc) is 2.22. The van der Waals surface area contributed by atoms with E-state index in [0.29, 0.717) is 6.42 Å². The summed E-state index contributed by atoms with van der Waals surface area (Å²) in [6, 6.07) is 0. The number of carboxylic acid groups (broad SMARTS) is 1. The molecule has 0 aliphatic rings. The van der Waals surface area contributed by atoms with E-state index < -0.39 is 18.0 Å². The number of aliphatic hydroxyl groups is 1. The number of carboxylic acids is 1. The van der Waals surface area contributed by atoms with Crippen LogP contribution in [0.15, 0.2) is 11.1 Å². The molecule has 0 radical (unpaired) electrons. The van der Waals surface area contributed by atoms with Gasteiger partial charge in [0, 0.05) is 17.7 Å². The van der Waals surface area contributed by atoms with Crippen LogP contribution in [0.25, 0.3) is 0 Å². The standard InChI is InChI=1S/C10H17NO4/c1-4-8(12)5-11-9(13)6(2)7(3)10(14)15/h8,12H,4-5H2,1-3H3,(H,11,13)(H,14,15). The third kappa shape index (κ3) is 4.60. The second-order valence-corrected chi connectivity index (χ2v) is 3.33. The van der Waals surface area contributed by atoms with Crippen LogP contribution in [0.5, 0.6) is 0 Å². The van der Waals surface area contributed by atoms with Crippen molar-refractivity contribution in [2.75, 3.05) is 6.54 Å². The third-order valence-electron chi connectivity index (χ3n) is 2.19. The predicted molar refractivity (Wildman–Crippen MR) is 55.3 cm³/mol. The van der Waals surface area contributed by atoms with E-state index in [4.69, 9.17) is 5.11 Å². The summed E-state index contributed by atoms with van der Waals surface area (Å²) in [5.74, 6) is -1.57. The molecule has 3 N–H and O–H groups in total. The summed E-state index contributed by atoms with van der Waals surface area (Å²) in [5.41, 5.74) is 0.171. The van der Waals surface area contributed by atoms with E-state index in [1.54, 1.807) is 6.92 Å². The Balaban J connectivity index is 4.34. The van der Waals surface area contributed by atoms with E-state index in [1.165, 1.54) is 13.8 Å². The molecule has 86 valence electrons. The lowest BCUT2D eigenvalue weighted by molar-refractivity contribution is -0.133. The van der Waals surface area contributed by atoms with Crippen LogP contribution < -0.4 is 5.32 Å². The Morgan fingerprint density at radius 2 is 1.80 bits per heavy atom. The van der Waals surface area contributed by atoms with Crippen molar-refractivity contribution >= 4 is 11.9 Å². The zero-order chi connectivity index (χ0) is 12.0. The van der Waals surface area contributed by atoms with Crippen LogP contribution in [0.1, 0.15) is 27.2 Å². The van der Waals surface area contributed by atoms with Crippen LogP contribution in [0.3, 0.4) is 0 Å². The minimum atomic E-state index is -1.11. The van der Waals surface area contributed by atoms with Crippen LogP contribution in [-0.4, -0.2) is 34.7 Å². The Labute approximate surface area is 88.8 Å². The van der Waals surface area contributed by atoms with Crippen molar-refractivity contribution in [3.05, 3.63) is 11.1 Å². The summed E-state index contributed by atoms with van der Waals surface area (Å²) in [4.78, 5) is 21.9. The van der Waals surface area contributed by atoms with Gasteiger partial charge in [0.15, 0.2) is 0 Å². The van der Waals surface area contributed by atoms with Gasteiger partial charge in [-0.05, 0) is 20.3 Å². The highest BCUT2D eigenvalue weighted by Crippen LogP contribution is 2.03. The summed E-state index contributed by atoms with van der Waals surface area (Å²) in [6.45, 7) is 4.74. The second kappa shape index (κ2) is 6.19. The highest BCUT2D eigenvalue weighted by atomic mass is 16.4. The quantitative estimate of drug-likeness (QED) is 0.575. The van der Waals surface area contributed by atoms with Crippen LogP contribution in [0.2, 0.25) is 0 Å². The smallest absolute Gasteiger partial charge is 0.331 e. The first-order chi connectivity index (χ1) is 6.90. The third-order valence-corrected chi connectivity index (χ3v) is 2.19. The lowest BCUT2D eigenvalue weighted by Gasteiger charge is -2.10. The fraction of sp³-hybridized carbons (Fsp3) is 0.600. The summed E-state index contributed by atoms with van der Waals surface area (Å²) in [5, 5.41) is 20.3. The molecule has 1 unspecified atom stereocenters. The highest BCUT2D eigenvalue weighted by molar-refractivity contribution is 6.01. The molecule has 1 atom stereocenters. The first-order valence-electron chi connectivity index (χ1n) is 4.77. The number of rotatable bonds is 5. The largest absolute Gasteiger partial charge is 0.478 e. The van der Waals surface area contributed by atoms with Gasteiger partial charge in [-0.25, -0.2) is 4.79 Å². The topological polar surface area (TPSA) is 86.6 Å². The van der Waals surface area contributed by atoms with E-state index in [-0.39, 0.29) is 17.7 Å². The van der Waals surface area contributed by atoms with Gasteiger partial charge in [0.2, 0.25) is 5.91 Å². The van der Waals surface area contributed by atoms with Crippen molar-refractivity contribution in [3.8, 4) is 0 Å². The molecule has 5 heteroatoms. The minimum absolute atomic E-state index is 0.0125. The van der Waals surface area contributed by atoms with Crippen molar-refractivity contribution in [2.45, 2.75) is 33.3 Å². The van der Waals surface area contributed by atoms with Crippen molar-refractivity contribution in [3.63, 3.8) is 0 Å². The molecular weight excluding hydrogens is 198 g/mol. The molecule has 0 aromatic heterocycles. The lowest BCUT2D eigenvalue weighted by Crippen LogP contribution is -2.32. The van der Waals surface area contributed by atoms with Crippen LogP contribution >= 0.6 is 0 Å². The molecule has 0 aliphatic heterocycles. The summed E-state index contributed by atoms with van der Waals surface area (Å²) < 4.78 is 0. The summed E-state index contributed by atoms with van der Waals surface area (Å²) in [7, 11) is 0. The Bertz CT molecular complexity index is 283. The van der Waals surface area contributed by atoms with Gasteiger partial charge in [-0.15, -0.1) is 0 Å². The normalized spacial score (nSPS) is 14.1. The number of carbonyl (C=O) groups is 2. The van der Waals surface area contributed by atoms with E-state index in [0.717, 1.165) is 0 Å². The molecule has 0 aromatic carbocycles. The lowest BCUT2D eigenvalue weighted by atomic mass is 10.1.